The third-order valence-electron chi connectivity index (χ3n) is 4.53. The number of nitriles is 1. The number of anilines is 1. The highest BCUT2D eigenvalue weighted by Crippen LogP contribution is 2.38. The molecule has 6 heteroatoms. The molecular weight excluding hydrogens is 268 g/mol. The van der Waals surface area contributed by atoms with Gasteiger partial charge in [-0.15, -0.1) is 0 Å². The predicted molar refractivity (Wildman–Crippen MR) is 77.3 cm³/mol. The molecule has 110 valence electrons. The first-order chi connectivity index (χ1) is 10.2. The van der Waals surface area contributed by atoms with Crippen LogP contribution in [0.3, 0.4) is 0 Å². The van der Waals surface area contributed by atoms with Crippen molar-refractivity contribution in [3.63, 3.8) is 0 Å². The minimum Gasteiger partial charge on any atom is -0.495 e. The molecule has 2 aliphatic heterocycles. The Morgan fingerprint density at radius 1 is 1.52 bits per heavy atom. The van der Waals surface area contributed by atoms with E-state index in [4.69, 9.17) is 10.00 Å². The van der Waals surface area contributed by atoms with E-state index in [1.807, 2.05) is 0 Å². The number of hydrogen-bond donors (Lipinski definition) is 1. The Hall–Kier alpha value is -2.13. The first-order valence-electron chi connectivity index (χ1n) is 7.12. The SMILES string of the molecule is COc1cc(N2CCC3(CCNCC3=O)C2)ncc1C#N. The summed E-state index contributed by atoms with van der Waals surface area (Å²) in [7, 11) is 1.54. The molecule has 3 heterocycles. The second kappa shape index (κ2) is 5.34. The van der Waals surface area contributed by atoms with Crippen LogP contribution in [0, 0.1) is 16.7 Å². The fourth-order valence-corrected chi connectivity index (χ4v) is 3.21. The van der Waals surface area contributed by atoms with Crippen LogP contribution < -0.4 is 15.0 Å². The Morgan fingerprint density at radius 3 is 3.10 bits per heavy atom. The van der Waals surface area contributed by atoms with Crippen molar-refractivity contribution < 1.29 is 9.53 Å². The average Bonchev–Trinajstić information content (AvgIpc) is 2.95. The fraction of sp³-hybridized carbons (Fsp3) is 0.533. The monoisotopic (exact) mass is 286 g/mol. The number of rotatable bonds is 2. The molecule has 0 bridgehead atoms. The Balaban J connectivity index is 1.83. The largest absolute Gasteiger partial charge is 0.495 e. The van der Waals surface area contributed by atoms with Crippen LogP contribution in [0.25, 0.3) is 0 Å². The average molecular weight is 286 g/mol. The lowest BCUT2D eigenvalue weighted by molar-refractivity contribution is -0.128. The van der Waals surface area contributed by atoms with Gasteiger partial charge in [0.2, 0.25) is 0 Å². The number of piperidine rings is 1. The van der Waals surface area contributed by atoms with Crippen molar-refractivity contribution in [3.8, 4) is 11.8 Å². The van der Waals surface area contributed by atoms with Crippen LogP contribution in [-0.4, -0.2) is 44.1 Å². The van der Waals surface area contributed by atoms with Gasteiger partial charge in [-0.3, -0.25) is 4.79 Å². The number of methoxy groups -OCH3 is 1. The molecule has 0 amide bonds. The lowest BCUT2D eigenvalue weighted by Crippen LogP contribution is -2.47. The number of hydrogen-bond acceptors (Lipinski definition) is 6. The van der Waals surface area contributed by atoms with E-state index in [2.05, 4.69) is 21.3 Å². The van der Waals surface area contributed by atoms with E-state index in [1.54, 1.807) is 13.2 Å². The molecule has 0 saturated carbocycles. The van der Waals surface area contributed by atoms with Crippen LogP contribution in [0.4, 0.5) is 5.82 Å². The fourth-order valence-electron chi connectivity index (χ4n) is 3.21. The zero-order valence-corrected chi connectivity index (χ0v) is 12.1. The van der Waals surface area contributed by atoms with Crippen molar-refractivity contribution in [2.24, 2.45) is 5.41 Å². The maximum atomic E-state index is 12.2. The molecule has 0 aliphatic carbocycles. The van der Waals surface area contributed by atoms with E-state index in [0.29, 0.717) is 30.2 Å². The number of nitrogens with zero attached hydrogens (tertiary/aromatic N) is 3. The number of ether oxygens (including phenoxy) is 1. The Bertz CT molecular complexity index is 610. The van der Waals surface area contributed by atoms with Gasteiger partial charge in [0, 0.05) is 19.2 Å². The Labute approximate surface area is 123 Å². The molecular formula is C15H18N4O2. The standard InChI is InChI=1S/C15H18N4O2/c1-21-12-6-14(18-8-11(12)7-16)19-5-3-15(10-19)2-4-17-9-13(15)20/h6,8,17H,2-5,9-10H2,1H3. The quantitative estimate of drug-likeness (QED) is 0.863. The summed E-state index contributed by atoms with van der Waals surface area (Å²) in [6, 6.07) is 3.84. The number of ketones is 1. The lowest BCUT2D eigenvalue weighted by Gasteiger charge is -2.32. The molecule has 6 nitrogen and oxygen atoms in total. The van der Waals surface area contributed by atoms with Crippen LogP contribution in [0.1, 0.15) is 18.4 Å². The smallest absolute Gasteiger partial charge is 0.154 e. The van der Waals surface area contributed by atoms with Crippen LogP contribution in [-0.2, 0) is 4.79 Å². The number of aromatic nitrogens is 1. The van der Waals surface area contributed by atoms with Crippen molar-refractivity contribution >= 4 is 11.6 Å². The molecule has 3 rings (SSSR count). The number of carbonyl (C=O) groups excluding carboxylic acids is 1. The van der Waals surface area contributed by atoms with E-state index < -0.39 is 0 Å². The second-order valence-electron chi connectivity index (χ2n) is 5.66. The maximum absolute atomic E-state index is 12.2. The molecule has 1 aromatic rings. The van der Waals surface area contributed by atoms with Gasteiger partial charge < -0.3 is 15.0 Å². The molecule has 21 heavy (non-hydrogen) atoms. The van der Waals surface area contributed by atoms with Crippen LogP contribution in [0.15, 0.2) is 12.3 Å². The van der Waals surface area contributed by atoms with E-state index >= 15 is 0 Å². The van der Waals surface area contributed by atoms with Crippen molar-refractivity contribution in [1.82, 2.24) is 10.3 Å². The molecule has 0 aromatic carbocycles. The van der Waals surface area contributed by atoms with Crippen molar-refractivity contribution in [2.75, 3.05) is 38.2 Å². The van der Waals surface area contributed by atoms with Crippen LogP contribution >= 0.6 is 0 Å². The number of carbonyl (C=O) groups is 1. The van der Waals surface area contributed by atoms with Gasteiger partial charge in [0.15, 0.2) is 5.78 Å². The minimum absolute atomic E-state index is 0.228. The molecule has 2 fully saturated rings. The van der Waals surface area contributed by atoms with Crippen LogP contribution in [0.2, 0.25) is 0 Å². The summed E-state index contributed by atoms with van der Waals surface area (Å²) in [6.07, 6.45) is 3.29. The summed E-state index contributed by atoms with van der Waals surface area (Å²) < 4.78 is 5.23. The highest BCUT2D eigenvalue weighted by Gasteiger charge is 2.45. The first kappa shape index (κ1) is 13.8. The Kier molecular flexibility index (Phi) is 3.52. The summed E-state index contributed by atoms with van der Waals surface area (Å²) in [5.41, 5.74) is 0.196. The van der Waals surface area contributed by atoms with Gasteiger partial charge in [0.1, 0.15) is 23.2 Å². The predicted octanol–water partition coefficient (Wildman–Crippen LogP) is 0.721. The number of Topliss-reactive ketones (excluding diaryl/α,β-unsaturated/α-hetero) is 1. The third kappa shape index (κ3) is 2.34. The van der Waals surface area contributed by atoms with Crippen LogP contribution in [0.5, 0.6) is 5.75 Å². The van der Waals surface area contributed by atoms with E-state index in [1.165, 1.54) is 6.20 Å². The molecule has 0 radical (unpaired) electrons. The molecule has 1 spiro atoms. The second-order valence-corrected chi connectivity index (χ2v) is 5.66. The molecule has 1 aromatic heterocycles. The van der Waals surface area contributed by atoms with E-state index in [9.17, 15) is 4.79 Å². The van der Waals surface area contributed by atoms with Gasteiger partial charge in [-0.2, -0.15) is 5.26 Å². The van der Waals surface area contributed by atoms with Gasteiger partial charge >= 0.3 is 0 Å². The molecule has 2 saturated heterocycles. The van der Waals surface area contributed by atoms with Gasteiger partial charge in [0.25, 0.3) is 0 Å². The van der Waals surface area contributed by atoms with E-state index in [0.717, 1.165) is 31.7 Å². The molecule has 1 unspecified atom stereocenters. The molecule has 1 atom stereocenters. The van der Waals surface area contributed by atoms with Crippen molar-refractivity contribution in [3.05, 3.63) is 17.8 Å². The number of nitrogens with one attached hydrogen (secondary N) is 1. The van der Waals surface area contributed by atoms with Gasteiger partial charge in [-0.05, 0) is 19.4 Å². The van der Waals surface area contributed by atoms with Gasteiger partial charge in [-0.1, -0.05) is 0 Å². The van der Waals surface area contributed by atoms with E-state index in [-0.39, 0.29) is 5.41 Å². The lowest BCUT2D eigenvalue weighted by atomic mass is 9.77. The summed E-state index contributed by atoms with van der Waals surface area (Å²) >= 11 is 0. The van der Waals surface area contributed by atoms with Gasteiger partial charge in [0.05, 0.1) is 25.3 Å². The zero-order chi connectivity index (χ0) is 14.9. The summed E-state index contributed by atoms with van der Waals surface area (Å²) in [5, 5.41) is 12.1. The Morgan fingerprint density at radius 2 is 2.38 bits per heavy atom. The summed E-state index contributed by atoms with van der Waals surface area (Å²) in [4.78, 5) is 18.7. The highest BCUT2D eigenvalue weighted by molar-refractivity contribution is 5.88. The normalized spacial score (nSPS) is 25.1. The summed E-state index contributed by atoms with van der Waals surface area (Å²) in [5.74, 6) is 1.60. The van der Waals surface area contributed by atoms with Gasteiger partial charge in [-0.25, -0.2) is 4.98 Å². The zero-order valence-electron chi connectivity index (χ0n) is 12.1. The number of pyridine rings is 1. The molecule has 1 N–H and O–H groups in total. The van der Waals surface area contributed by atoms with Crippen molar-refractivity contribution in [2.45, 2.75) is 12.8 Å². The summed E-state index contributed by atoms with van der Waals surface area (Å²) in [6.45, 7) is 2.88. The van der Waals surface area contributed by atoms with Crippen molar-refractivity contribution in [1.29, 1.82) is 5.26 Å². The highest BCUT2D eigenvalue weighted by atomic mass is 16.5. The molecule has 2 aliphatic rings. The third-order valence-corrected chi connectivity index (χ3v) is 4.53. The first-order valence-corrected chi connectivity index (χ1v) is 7.12. The minimum atomic E-state index is -0.228. The maximum Gasteiger partial charge on any atom is 0.154 e. The topological polar surface area (TPSA) is 78.2 Å².